The van der Waals surface area contributed by atoms with Gasteiger partial charge in [0.05, 0.1) is 18.3 Å². The fraction of sp³-hybridized carbons (Fsp3) is 0.600. The first-order chi connectivity index (χ1) is 9.13. The van der Waals surface area contributed by atoms with Crippen LogP contribution in [0.25, 0.3) is 0 Å². The van der Waals surface area contributed by atoms with E-state index in [-0.39, 0.29) is 18.3 Å². The number of anilines is 1. The maximum atomic E-state index is 12.0. The van der Waals surface area contributed by atoms with E-state index in [0.29, 0.717) is 18.2 Å². The lowest BCUT2D eigenvalue weighted by Gasteiger charge is -2.16. The second-order valence-corrected chi connectivity index (χ2v) is 5.64. The molecule has 3 N–H and O–H groups in total. The molecule has 112 valence electrons. The zero-order valence-corrected chi connectivity index (χ0v) is 12.8. The molecule has 2 atom stereocenters. The van der Waals surface area contributed by atoms with E-state index in [1.54, 1.807) is 12.3 Å². The van der Waals surface area contributed by atoms with Gasteiger partial charge in [0.1, 0.15) is 0 Å². The standard InChI is InChI=1S/C15H23N3O.ClH/c1-11-3-2-4-13(7-5-11)18-15(19)9-14-8-6-12(16)10-17-14;/h6,8,10-11,13H,2-5,7,9,16H2,1H3,(H,18,19);1H. The summed E-state index contributed by atoms with van der Waals surface area (Å²) < 4.78 is 0. The van der Waals surface area contributed by atoms with Crippen LogP contribution < -0.4 is 11.1 Å². The van der Waals surface area contributed by atoms with Gasteiger partial charge in [0.25, 0.3) is 0 Å². The Morgan fingerprint density at radius 1 is 1.35 bits per heavy atom. The molecule has 0 radical (unpaired) electrons. The molecule has 5 heteroatoms. The molecule has 0 spiro atoms. The summed E-state index contributed by atoms with van der Waals surface area (Å²) in [6.45, 7) is 2.29. The highest BCUT2D eigenvalue weighted by Crippen LogP contribution is 2.22. The van der Waals surface area contributed by atoms with Gasteiger partial charge in [-0.3, -0.25) is 9.78 Å². The molecular weight excluding hydrogens is 274 g/mol. The van der Waals surface area contributed by atoms with Gasteiger partial charge < -0.3 is 11.1 Å². The van der Waals surface area contributed by atoms with Crippen LogP contribution in [0.15, 0.2) is 18.3 Å². The molecule has 0 bridgehead atoms. The predicted octanol–water partition coefficient (Wildman–Crippen LogP) is 2.71. The van der Waals surface area contributed by atoms with Crippen molar-refractivity contribution in [1.29, 1.82) is 0 Å². The molecular formula is C15H24ClN3O. The maximum absolute atomic E-state index is 12.0. The van der Waals surface area contributed by atoms with E-state index in [2.05, 4.69) is 17.2 Å². The van der Waals surface area contributed by atoms with Crippen LogP contribution in [0.1, 0.15) is 44.7 Å². The summed E-state index contributed by atoms with van der Waals surface area (Å²) in [5.41, 5.74) is 6.97. The van der Waals surface area contributed by atoms with Crippen molar-refractivity contribution in [1.82, 2.24) is 10.3 Å². The van der Waals surface area contributed by atoms with Crippen LogP contribution >= 0.6 is 12.4 Å². The number of nitrogens with zero attached hydrogens (tertiary/aromatic N) is 1. The Balaban J connectivity index is 0.00000200. The fourth-order valence-electron chi connectivity index (χ4n) is 2.62. The second-order valence-electron chi connectivity index (χ2n) is 5.64. The summed E-state index contributed by atoms with van der Waals surface area (Å²) in [7, 11) is 0. The highest BCUT2D eigenvalue weighted by atomic mass is 35.5. The monoisotopic (exact) mass is 297 g/mol. The Hall–Kier alpha value is -1.29. The number of pyridine rings is 1. The number of nitrogens with two attached hydrogens (primary N) is 1. The zero-order valence-electron chi connectivity index (χ0n) is 12.0. The molecule has 1 saturated carbocycles. The molecule has 0 aromatic carbocycles. The predicted molar refractivity (Wildman–Crippen MR) is 83.8 cm³/mol. The highest BCUT2D eigenvalue weighted by molar-refractivity contribution is 5.85. The minimum atomic E-state index is 0. The number of hydrogen-bond donors (Lipinski definition) is 2. The quantitative estimate of drug-likeness (QED) is 0.843. The number of carbonyl (C=O) groups excluding carboxylic acids is 1. The number of aromatic nitrogens is 1. The molecule has 2 rings (SSSR count). The van der Waals surface area contributed by atoms with Gasteiger partial charge in [-0.25, -0.2) is 0 Å². The largest absolute Gasteiger partial charge is 0.397 e. The van der Waals surface area contributed by atoms with Crippen LogP contribution in [0.3, 0.4) is 0 Å². The SMILES string of the molecule is CC1CCCC(NC(=O)Cc2ccc(N)cn2)CC1.Cl. The molecule has 1 heterocycles. The number of nitrogens with one attached hydrogen (secondary N) is 1. The fourth-order valence-corrected chi connectivity index (χ4v) is 2.62. The van der Waals surface area contributed by atoms with Crippen LogP contribution in [0.2, 0.25) is 0 Å². The Morgan fingerprint density at radius 2 is 2.15 bits per heavy atom. The summed E-state index contributed by atoms with van der Waals surface area (Å²) in [4.78, 5) is 16.1. The molecule has 2 unspecified atom stereocenters. The average Bonchev–Trinajstić information content (AvgIpc) is 2.57. The first kappa shape index (κ1) is 16.8. The Bertz CT molecular complexity index is 422. The van der Waals surface area contributed by atoms with E-state index in [4.69, 9.17) is 5.73 Å². The van der Waals surface area contributed by atoms with Crippen LogP contribution in [-0.2, 0) is 11.2 Å². The van der Waals surface area contributed by atoms with E-state index < -0.39 is 0 Å². The van der Waals surface area contributed by atoms with Crippen molar-refractivity contribution in [2.45, 2.75) is 51.5 Å². The average molecular weight is 298 g/mol. The van der Waals surface area contributed by atoms with Gasteiger partial charge in [-0.05, 0) is 37.3 Å². The van der Waals surface area contributed by atoms with Gasteiger partial charge in [0.15, 0.2) is 0 Å². The number of hydrogen-bond acceptors (Lipinski definition) is 3. The molecule has 1 aliphatic rings. The molecule has 4 nitrogen and oxygen atoms in total. The summed E-state index contributed by atoms with van der Waals surface area (Å²) in [6, 6.07) is 3.93. The van der Waals surface area contributed by atoms with E-state index >= 15 is 0 Å². The van der Waals surface area contributed by atoms with E-state index in [0.717, 1.165) is 24.5 Å². The van der Waals surface area contributed by atoms with Crippen molar-refractivity contribution in [3.63, 3.8) is 0 Å². The van der Waals surface area contributed by atoms with Gasteiger partial charge in [-0.15, -0.1) is 12.4 Å². The van der Waals surface area contributed by atoms with E-state index in [9.17, 15) is 4.79 Å². The molecule has 0 saturated heterocycles. The Labute approximate surface area is 126 Å². The normalized spacial score (nSPS) is 22.4. The Kier molecular flexibility index (Phi) is 6.79. The van der Waals surface area contributed by atoms with Crippen LogP contribution in [-0.4, -0.2) is 16.9 Å². The zero-order chi connectivity index (χ0) is 13.7. The van der Waals surface area contributed by atoms with Crippen LogP contribution in [0.5, 0.6) is 0 Å². The number of amides is 1. The summed E-state index contributed by atoms with van der Waals surface area (Å²) in [6.07, 6.45) is 7.85. The Morgan fingerprint density at radius 3 is 2.85 bits per heavy atom. The third-order valence-electron chi connectivity index (χ3n) is 3.81. The highest BCUT2D eigenvalue weighted by Gasteiger charge is 2.18. The molecule has 1 aromatic heterocycles. The molecule has 1 amide bonds. The van der Waals surface area contributed by atoms with Gasteiger partial charge in [0.2, 0.25) is 5.91 Å². The summed E-state index contributed by atoms with van der Waals surface area (Å²) >= 11 is 0. The van der Waals surface area contributed by atoms with Gasteiger partial charge >= 0.3 is 0 Å². The van der Waals surface area contributed by atoms with Crippen LogP contribution in [0, 0.1) is 5.92 Å². The van der Waals surface area contributed by atoms with Crippen molar-refractivity contribution >= 4 is 24.0 Å². The number of carbonyl (C=O) groups is 1. The van der Waals surface area contributed by atoms with Crippen molar-refractivity contribution < 1.29 is 4.79 Å². The first-order valence-corrected chi connectivity index (χ1v) is 7.13. The first-order valence-electron chi connectivity index (χ1n) is 7.13. The third kappa shape index (κ3) is 5.37. The maximum Gasteiger partial charge on any atom is 0.226 e. The smallest absolute Gasteiger partial charge is 0.226 e. The topological polar surface area (TPSA) is 68.0 Å². The van der Waals surface area contributed by atoms with E-state index in [1.165, 1.54) is 19.3 Å². The molecule has 1 aliphatic carbocycles. The van der Waals surface area contributed by atoms with Crippen molar-refractivity contribution in [2.24, 2.45) is 5.92 Å². The van der Waals surface area contributed by atoms with Gasteiger partial charge in [0, 0.05) is 11.7 Å². The van der Waals surface area contributed by atoms with E-state index in [1.807, 2.05) is 6.07 Å². The van der Waals surface area contributed by atoms with Gasteiger partial charge in [-0.1, -0.05) is 19.8 Å². The number of rotatable bonds is 3. The summed E-state index contributed by atoms with van der Waals surface area (Å²) in [5, 5.41) is 3.13. The summed E-state index contributed by atoms with van der Waals surface area (Å²) in [5.74, 6) is 0.859. The minimum absolute atomic E-state index is 0. The lowest BCUT2D eigenvalue weighted by atomic mass is 10.0. The number of nitrogen functional groups attached to an aromatic ring is 1. The third-order valence-corrected chi connectivity index (χ3v) is 3.81. The van der Waals surface area contributed by atoms with Gasteiger partial charge in [-0.2, -0.15) is 0 Å². The molecule has 20 heavy (non-hydrogen) atoms. The lowest BCUT2D eigenvalue weighted by Crippen LogP contribution is -2.35. The molecule has 0 aliphatic heterocycles. The lowest BCUT2D eigenvalue weighted by molar-refractivity contribution is -0.121. The molecule has 1 aromatic rings. The van der Waals surface area contributed by atoms with Crippen molar-refractivity contribution in [3.05, 3.63) is 24.0 Å². The van der Waals surface area contributed by atoms with Crippen LogP contribution in [0.4, 0.5) is 5.69 Å². The number of halogens is 1. The molecule has 1 fully saturated rings. The minimum Gasteiger partial charge on any atom is -0.397 e. The second kappa shape index (κ2) is 8.10. The van der Waals surface area contributed by atoms with Crippen molar-refractivity contribution in [3.8, 4) is 0 Å². The van der Waals surface area contributed by atoms with Crippen molar-refractivity contribution in [2.75, 3.05) is 5.73 Å².